The summed E-state index contributed by atoms with van der Waals surface area (Å²) in [6.07, 6.45) is 6.43. The van der Waals surface area contributed by atoms with Crippen molar-refractivity contribution in [3.63, 3.8) is 0 Å². The molecule has 0 aromatic heterocycles. The Balaban J connectivity index is 1.95. The fourth-order valence-corrected chi connectivity index (χ4v) is 3.03. The minimum absolute atomic E-state index is 0.557. The van der Waals surface area contributed by atoms with Crippen molar-refractivity contribution in [2.75, 3.05) is 19.6 Å². The third-order valence-corrected chi connectivity index (χ3v) is 4.84. The molecule has 0 amide bonds. The van der Waals surface area contributed by atoms with Crippen LogP contribution < -0.4 is 0 Å². The lowest BCUT2D eigenvalue weighted by Gasteiger charge is -2.48. The molecule has 2 nitrogen and oxygen atoms in total. The molecule has 2 heteroatoms. The number of rotatable bonds is 4. The second kappa shape index (κ2) is 5.53. The van der Waals surface area contributed by atoms with Crippen LogP contribution in [0.1, 0.15) is 40.0 Å². The van der Waals surface area contributed by atoms with Crippen molar-refractivity contribution in [2.45, 2.75) is 58.2 Å². The predicted octanol–water partition coefficient (Wildman–Crippen LogP) is 2.76. The molecule has 0 aromatic rings. The molecule has 1 saturated carbocycles. The number of hydrogen-bond acceptors (Lipinski definition) is 2. The summed E-state index contributed by atoms with van der Waals surface area (Å²) in [4.78, 5) is 5.34. The quantitative estimate of drug-likeness (QED) is 0.693. The van der Waals surface area contributed by atoms with E-state index in [2.05, 4.69) is 43.2 Å². The predicted molar refractivity (Wildman–Crippen MR) is 74.2 cm³/mol. The van der Waals surface area contributed by atoms with Crippen molar-refractivity contribution in [2.24, 2.45) is 5.92 Å². The maximum Gasteiger partial charge on any atom is 0.0406 e. The van der Waals surface area contributed by atoms with Crippen LogP contribution in [-0.4, -0.2) is 47.6 Å². The van der Waals surface area contributed by atoms with E-state index in [0.717, 1.165) is 12.0 Å². The maximum absolute atomic E-state index is 4.05. The highest BCUT2D eigenvalue weighted by Gasteiger charge is 2.34. The third-order valence-electron chi connectivity index (χ3n) is 4.84. The molecule has 0 spiro atoms. The van der Waals surface area contributed by atoms with Crippen LogP contribution in [0.4, 0.5) is 0 Å². The second-order valence-corrected chi connectivity index (χ2v) is 6.11. The van der Waals surface area contributed by atoms with Gasteiger partial charge < -0.3 is 0 Å². The van der Waals surface area contributed by atoms with Crippen LogP contribution in [0.25, 0.3) is 0 Å². The summed E-state index contributed by atoms with van der Waals surface area (Å²) in [5, 5.41) is 0. The first-order valence-electron chi connectivity index (χ1n) is 7.25. The fraction of sp³-hybridized carbons (Fsp3) is 0.867. The monoisotopic (exact) mass is 236 g/mol. The lowest BCUT2D eigenvalue weighted by atomic mass is 9.90. The van der Waals surface area contributed by atoms with Crippen molar-refractivity contribution in [1.29, 1.82) is 0 Å². The molecule has 0 aromatic carbocycles. The molecule has 2 atom stereocenters. The zero-order chi connectivity index (χ0) is 12.4. The van der Waals surface area contributed by atoms with Crippen LogP contribution in [0, 0.1) is 5.92 Å². The summed E-state index contributed by atoms with van der Waals surface area (Å²) in [6, 6.07) is 2.11. The molecule has 2 aliphatic rings. The van der Waals surface area contributed by atoms with Crippen LogP contribution in [0.5, 0.6) is 0 Å². The average molecular weight is 236 g/mol. The van der Waals surface area contributed by atoms with E-state index in [1.54, 1.807) is 0 Å². The van der Waals surface area contributed by atoms with E-state index < -0.39 is 0 Å². The van der Waals surface area contributed by atoms with Gasteiger partial charge in [-0.25, -0.2) is 0 Å². The number of piperazine rings is 1. The molecule has 0 bridgehead atoms. The molecule has 0 N–H and O–H groups in total. The number of hydrogen-bond donors (Lipinski definition) is 0. The van der Waals surface area contributed by atoms with Gasteiger partial charge in [0.1, 0.15) is 0 Å². The Labute approximate surface area is 107 Å². The summed E-state index contributed by atoms with van der Waals surface area (Å²) in [6.45, 7) is 14.7. The van der Waals surface area contributed by atoms with Crippen LogP contribution >= 0.6 is 0 Å². The molecule has 17 heavy (non-hydrogen) atoms. The van der Waals surface area contributed by atoms with Gasteiger partial charge in [0.05, 0.1) is 0 Å². The van der Waals surface area contributed by atoms with Crippen molar-refractivity contribution in [3.8, 4) is 0 Å². The van der Waals surface area contributed by atoms with Gasteiger partial charge in [0.25, 0.3) is 0 Å². The zero-order valence-corrected chi connectivity index (χ0v) is 11.7. The van der Waals surface area contributed by atoms with Gasteiger partial charge in [-0.2, -0.15) is 0 Å². The smallest absolute Gasteiger partial charge is 0.0406 e. The average Bonchev–Trinajstić information content (AvgIpc) is 2.25. The summed E-state index contributed by atoms with van der Waals surface area (Å²) in [5.41, 5.74) is 0. The largest absolute Gasteiger partial charge is 0.297 e. The van der Waals surface area contributed by atoms with Crippen molar-refractivity contribution in [3.05, 3.63) is 12.7 Å². The van der Waals surface area contributed by atoms with Gasteiger partial charge >= 0.3 is 0 Å². The standard InChI is InChI=1S/C15H28N2/c1-5-14-11-16(15-7-6-8-15)9-10-17(14)13(4)12(2)3/h5,12-15H,1,6-11H2,2-4H3. The van der Waals surface area contributed by atoms with Gasteiger partial charge in [-0.1, -0.05) is 26.3 Å². The van der Waals surface area contributed by atoms with Gasteiger partial charge in [-0.3, -0.25) is 9.80 Å². The van der Waals surface area contributed by atoms with Gasteiger partial charge in [-0.15, -0.1) is 6.58 Å². The minimum Gasteiger partial charge on any atom is -0.297 e. The van der Waals surface area contributed by atoms with Crippen LogP contribution in [0.3, 0.4) is 0 Å². The first-order valence-corrected chi connectivity index (χ1v) is 7.25. The zero-order valence-electron chi connectivity index (χ0n) is 11.7. The summed E-state index contributed by atoms with van der Waals surface area (Å²) in [7, 11) is 0. The third kappa shape index (κ3) is 2.74. The van der Waals surface area contributed by atoms with Crippen molar-refractivity contribution in [1.82, 2.24) is 9.80 Å². The van der Waals surface area contributed by atoms with E-state index >= 15 is 0 Å². The summed E-state index contributed by atoms with van der Waals surface area (Å²) >= 11 is 0. The second-order valence-electron chi connectivity index (χ2n) is 6.11. The molecular formula is C15H28N2. The minimum atomic E-state index is 0.557. The normalized spacial score (nSPS) is 30.2. The Morgan fingerprint density at radius 1 is 1.18 bits per heavy atom. The van der Waals surface area contributed by atoms with E-state index in [4.69, 9.17) is 0 Å². The Morgan fingerprint density at radius 3 is 2.35 bits per heavy atom. The van der Waals surface area contributed by atoms with Crippen LogP contribution in [-0.2, 0) is 0 Å². The first-order chi connectivity index (χ1) is 8.13. The van der Waals surface area contributed by atoms with E-state index in [1.165, 1.54) is 38.9 Å². The van der Waals surface area contributed by atoms with Crippen LogP contribution in [0.2, 0.25) is 0 Å². The lowest BCUT2D eigenvalue weighted by molar-refractivity contribution is 0.0122. The Bertz CT molecular complexity index is 258. The fourth-order valence-electron chi connectivity index (χ4n) is 3.03. The van der Waals surface area contributed by atoms with Crippen LogP contribution in [0.15, 0.2) is 12.7 Å². The Morgan fingerprint density at radius 2 is 1.88 bits per heavy atom. The summed E-state index contributed by atoms with van der Waals surface area (Å²) in [5.74, 6) is 0.729. The molecule has 2 unspecified atom stereocenters. The van der Waals surface area contributed by atoms with Gasteiger partial charge in [0.15, 0.2) is 0 Å². The molecular weight excluding hydrogens is 208 g/mol. The molecule has 1 aliphatic heterocycles. The number of nitrogens with zero attached hydrogens (tertiary/aromatic N) is 2. The van der Waals surface area contributed by atoms with Gasteiger partial charge in [0, 0.05) is 37.8 Å². The molecule has 2 fully saturated rings. The summed E-state index contributed by atoms with van der Waals surface area (Å²) < 4.78 is 0. The molecule has 1 aliphatic carbocycles. The Hall–Kier alpha value is -0.340. The topological polar surface area (TPSA) is 6.48 Å². The first kappa shape index (κ1) is 13.1. The van der Waals surface area contributed by atoms with Crippen molar-refractivity contribution < 1.29 is 0 Å². The van der Waals surface area contributed by atoms with Gasteiger partial charge in [0.2, 0.25) is 0 Å². The molecule has 0 radical (unpaired) electrons. The highest BCUT2D eigenvalue weighted by atomic mass is 15.3. The SMILES string of the molecule is C=CC1CN(C2CCC2)CCN1C(C)C(C)C. The van der Waals surface area contributed by atoms with Gasteiger partial charge in [-0.05, 0) is 25.7 Å². The molecule has 1 heterocycles. The molecule has 98 valence electrons. The molecule has 2 rings (SSSR count). The highest BCUT2D eigenvalue weighted by Crippen LogP contribution is 2.28. The maximum atomic E-state index is 4.05. The Kier molecular flexibility index (Phi) is 4.26. The van der Waals surface area contributed by atoms with E-state index in [0.29, 0.717) is 12.1 Å². The van der Waals surface area contributed by atoms with E-state index in [9.17, 15) is 0 Å². The van der Waals surface area contributed by atoms with E-state index in [-0.39, 0.29) is 0 Å². The molecule has 1 saturated heterocycles. The van der Waals surface area contributed by atoms with Crippen molar-refractivity contribution >= 4 is 0 Å². The highest BCUT2D eigenvalue weighted by molar-refractivity contribution is 4.98. The van der Waals surface area contributed by atoms with E-state index in [1.807, 2.05) is 0 Å². The lowest BCUT2D eigenvalue weighted by Crippen LogP contribution is -2.59.